The number of likely N-dealkylation sites (tertiary alicyclic amines) is 1. The van der Waals surface area contributed by atoms with Crippen LogP contribution in [0, 0.1) is 5.92 Å². The lowest BCUT2D eigenvalue weighted by Gasteiger charge is -2.32. The molecule has 7 heteroatoms. The fourth-order valence-corrected chi connectivity index (χ4v) is 3.67. The third-order valence-corrected chi connectivity index (χ3v) is 5.43. The van der Waals surface area contributed by atoms with Crippen molar-refractivity contribution >= 4 is 11.9 Å². The van der Waals surface area contributed by atoms with Crippen molar-refractivity contribution in [3.05, 3.63) is 0 Å². The molecule has 2 aliphatic rings. The van der Waals surface area contributed by atoms with Crippen molar-refractivity contribution in [2.45, 2.75) is 46.1 Å². The van der Waals surface area contributed by atoms with E-state index in [1.54, 1.807) is 0 Å². The number of carbonyl (C=O) groups excluding carboxylic acids is 1. The largest absolute Gasteiger partial charge is 0.357 e. The normalized spacial score (nSPS) is 22.5. The van der Waals surface area contributed by atoms with E-state index in [0.717, 1.165) is 45.0 Å². The third kappa shape index (κ3) is 7.66. The lowest BCUT2D eigenvalue weighted by molar-refractivity contribution is -0.133. The highest BCUT2D eigenvalue weighted by Crippen LogP contribution is 2.12. The maximum Gasteiger partial charge on any atom is 0.225 e. The average Bonchev–Trinajstić information content (AvgIpc) is 3.10. The molecule has 0 radical (unpaired) electrons. The molecule has 27 heavy (non-hydrogen) atoms. The molecule has 2 N–H and O–H groups in total. The molecule has 0 saturated carbocycles. The number of guanidine groups is 1. The van der Waals surface area contributed by atoms with Crippen LogP contribution < -0.4 is 10.6 Å². The number of nitrogens with one attached hydrogen (secondary N) is 2. The third-order valence-electron chi connectivity index (χ3n) is 5.43. The van der Waals surface area contributed by atoms with Gasteiger partial charge < -0.3 is 25.3 Å². The topological polar surface area (TPSA) is 63.2 Å². The van der Waals surface area contributed by atoms with E-state index < -0.39 is 0 Å². The van der Waals surface area contributed by atoms with Crippen molar-refractivity contribution < 1.29 is 4.79 Å². The number of nitrogens with zero attached hydrogens (tertiary/aromatic N) is 4. The number of aliphatic imine (C=N–C) groups is 1. The average molecular weight is 381 g/mol. The molecule has 0 spiro atoms. The number of hydrogen-bond donors (Lipinski definition) is 2. The molecule has 0 aromatic rings. The molecule has 7 nitrogen and oxygen atoms in total. The predicted molar refractivity (Wildman–Crippen MR) is 112 cm³/mol. The summed E-state index contributed by atoms with van der Waals surface area (Å²) in [5, 5.41) is 6.86. The van der Waals surface area contributed by atoms with Crippen molar-refractivity contribution in [2.24, 2.45) is 10.9 Å². The van der Waals surface area contributed by atoms with Crippen LogP contribution in [0.15, 0.2) is 4.99 Å². The van der Waals surface area contributed by atoms with Gasteiger partial charge in [0.2, 0.25) is 5.91 Å². The Kier molecular flexibility index (Phi) is 9.34. The standard InChI is InChI=1S/C20H40N6O/c1-5-21-20(23-18-8-11-26(16-18)19(27)17(2)3)22-9-6-7-10-25-14-12-24(4)13-15-25/h17-18H,5-16H2,1-4H3,(H2,21,22,23). The van der Waals surface area contributed by atoms with Crippen molar-refractivity contribution in [3.8, 4) is 0 Å². The molecule has 1 atom stereocenters. The van der Waals surface area contributed by atoms with Gasteiger partial charge in [-0.05, 0) is 39.8 Å². The highest BCUT2D eigenvalue weighted by molar-refractivity contribution is 5.81. The van der Waals surface area contributed by atoms with Gasteiger partial charge in [-0.1, -0.05) is 13.8 Å². The zero-order valence-electron chi connectivity index (χ0n) is 17.8. The van der Waals surface area contributed by atoms with Crippen molar-refractivity contribution in [2.75, 3.05) is 66.0 Å². The van der Waals surface area contributed by atoms with Gasteiger partial charge in [-0.25, -0.2) is 0 Å². The van der Waals surface area contributed by atoms with Crippen molar-refractivity contribution in [3.63, 3.8) is 0 Å². The molecule has 0 aromatic carbocycles. The van der Waals surface area contributed by atoms with Gasteiger partial charge >= 0.3 is 0 Å². The lowest BCUT2D eigenvalue weighted by Crippen LogP contribution is -2.45. The van der Waals surface area contributed by atoms with Gasteiger partial charge in [-0.2, -0.15) is 0 Å². The molecule has 1 unspecified atom stereocenters. The zero-order chi connectivity index (χ0) is 19.6. The van der Waals surface area contributed by atoms with Crippen molar-refractivity contribution in [1.29, 1.82) is 0 Å². The van der Waals surface area contributed by atoms with E-state index in [1.165, 1.54) is 39.1 Å². The maximum absolute atomic E-state index is 12.1. The van der Waals surface area contributed by atoms with Crippen LogP contribution in [0.5, 0.6) is 0 Å². The Bertz CT molecular complexity index is 473. The first-order chi connectivity index (χ1) is 13.0. The van der Waals surface area contributed by atoms with Gasteiger partial charge in [0.1, 0.15) is 0 Å². The fraction of sp³-hybridized carbons (Fsp3) is 0.900. The number of unbranched alkanes of at least 4 members (excludes halogenated alkanes) is 1. The molecule has 0 aliphatic carbocycles. The molecule has 2 rings (SSSR count). The predicted octanol–water partition coefficient (Wildman–Crippen LogP) is 0.826. The van der Waals surface area contributed by atoms with E-state index >= 15 is 0 Å². The van der Waals surface area contributed by atoms with Crippen molar-refractivity contribution in [1.82, 2.24) is 25.3 Å². The minimum Gasteiger partial charge on any atom is -0.357 e. The number of amides is 1. The van der Waals surface area contributed by atoms with Crippen LogP contribution >= 0.6 is 0 Å². The molecule has 156 valence electrons. The highest BCUT2D eigenvalue weighted by atomic mass is 16.2. The summed E-state index contributed by atoms with van der Waals surface area (Å²) in [6, 6.07) is 0.302. The SMILES string of the molecule is CCNC(=NCCCCN1CCN(C)CC1)NC1CCN(C(=O)C(C)C)C1. The first-order valence-corrected chi connectivity index (χ1v) is 10.7. The van der Waals surface area contributed by atoms with E-state index in [9.17, 15) is 4.79 Å². The molecular weight excluding hydrogens is 340 g/mol. The van der Waals surface area contributed by atoms with Crippen LogP contribution in [0.3, 0.4) is 0 Å². The summed E-state index contributed by atoms with van der Waals surface area (Å²) in [6.07, 6.45) is 3.31. The fourth-order valence-electron chi connectivity index (χ4n) is 3.67. The molecule has 1 amide bonds. The quantitative estimate of drug-likeness (QED) is 0.371. The van der Waals surface area contributed by atoms with Crippen LogP contribution in [0.4, 0.5) is 0 Å². The first kappa shape index (κ1) is 22.0. The Balaban J connectivity index is 1.67. The first-order valence-electron chi connectivity index (χ1n) is 10.7. The van der Waals surface area contributed by atoms with Crippen LogP contribution in [0.2, 0.25) is 0 Å². The second kappa shape index (κ2) is 11.5. The van der Waals surface area contributed by atoms with Crippen LogP contribution in [0.25, 0.3) is 0 Å². The summed E-state index contributed by atoms with van der Waals surface area (Å²) < 4.78 is 0. The second-order valence-corrected chi connectivity index (χ2v) is 8.18. The Labute approximate surface area is 165 Å². The summed E-state index contributed by atoms with van der Waals surface area (Å²) in [5.41, 5.74) is 0. The number of rotatable bonds is 8. The van der Waals surface area contributed by atoms with Crippen LogP contribution in [-0.4, -0.2) is 98.6 Å². The molecule has 0 aromatic heterocycles. The van der Waals surface area contributed by atoms with E-state index in [2.05, 4.69) is 34.4 Å². The van der Waals surface area contributed by atoms with Gasteiger partial charge in [0.25, 0.3) is 0 Å². The Hall–Kier alpha value is -1.34. The summed E-state index contributed by atoms with van der Waals surface area (Å²) in [4.78, 5) is 23.8. The Morgan fingerprint density at radius 2 is 1.89 bits per heavy atom. The monoisotopic (exact) mass is 380 g/mol. The molecular formula is C20H40N6O. The summed E-state index contributed by atoms with van der Waals surface area (Å²) in [5.74, 6) is 1.22. The second-order valence-electron chi connectivity index (χ2n) is 8.18. The van der Waals surface area contributed by atoms with Gasteiger partial charge in [-0.3, -0.25) is 9.79 Å². The van der Waals surface area contributed by atoms with E-state index in [-0.39, 0.29) is 11.8 Å². The number of likely N-dealkylation sites (N-methyl/N-ethyl adjacent to an activating group) is 1. The molecule has 2 aliphatic heterocycles. The van der Waals surface area contributed by atoms with Gasteiger partial charge in [0, 0.05) is 64.3 Å². The Morgan fingerprint density at radius 1 is 1.15 bits per heavy atom. The highest BCUT2D eigenvalue weighted by Gasteiger charge is 2.27. The summed E-state index contributed by atoms with van der Waals surface area (Å²) >= 11 is 0. The minimum atomic E-state index is 0.0750. The molecule has 0 bridgehead atoms. The van der Waals surface area contributed by atoms with Gasteiger partial charge in [0.15, 0.2) is 5.96 Å². The van der Waals surface area contributed by atoms with E-state index in [0.29, 0.717) is 6.04 Å². The molecule has 2 fully saturated rings. The number of piperazine rings is 1. The number of hydrogen-bond acceptors (Lipinski definition) is 4. The van der Waals surface area contributed by atoms with Crippen LogP contribution in [0.1, 0.15) is 40.0 Å². The maximum atomic E-state index is 12.1. The van der Waals surface area contributed by atoms with E-state index in [4.69, 9.17) is 4.99 Å². The molecule has 2 saturated heterocycles. The minimum absolute atomic E-state index is 0.0750. The smallest absolute Gasteiger partial charge is 0.225 e. The molecule has 2 heterocycles. The Morgan fingerprint density at radius 3 is 2.56 bits per heavy atom. The van der Waals surface area contributed by atoms with Gasteiger partial charge in [-0.15, -0.1) is 0 Å². The lowest BCUT2D eigenvalue weighted by atomic mass is 10.2. The van der Waals surface area contributed by atoms with E-state index in [1.807, 2.05) is 18.7 Å². The van der Waals surface area contributed by atoms with Gasteiger partial charge in [0.05, 0.1) is 0 Å². The number of carbonyl (C=O) groups is 1. The van der Waals surface area contributed by atoms with Crippen LogP contribution in [-0.2, 0) is 4.79 Å². The zero-order valence-corrected chi connectivity index (χ0v) is 17.8. The summed E-state index contributed by atoms with van der Waals surface area (Å²) in [7, 11) is 2.20. The summed E-state index contributed by atoms with van der Waals surface area (Å²) in [6.45, 7) is 15.3.